The fraction of sp³-hybridized carbons (Fsp3) is 0.333. The second-order valence-electron chi connectivity index (χ2n) is 8.48. The van der Waals surface area contributed by atoms with Gasteiger partial charge in [-0.25, -0.2) is 0 Å². The maximum absolute atomic E-state index is 12.6. The average Bonchev–Trinajstić information content (AvgIpc) is 3.32. The summed E-state index contributed by atoms with van der Waals surface area (Å²) in [5.74, 6) is 1.53. The lowest BCUT2D eigenvalue weighted by atomic mass is 9.99. The Morgan fingerprint density at radius 1 is 1.16 bits per heavy atom. The first kappa shape index (κ1) is 26.8. The smallest absolute Gasteiger partial charge is 0.283 e. The molecule has 0 spiro atoms. The van der Waals surface area contributed by atoms with Gasteiger partial charge in [-0.2, -0.15) is 15.1 Å². The lowest BCUT2D eigenvalue weighted by molar-refractivity contribution is -0.114. The van der Waals surface area contributed by atoms with E-state index in [1.165, 1.54) is 29.4 Å². The summed E-state index contributed by atoms with van der Waals surface area (Å²) in [5.41, 5.74) is 1.97. The number of hydrazone groups is 1. The number of amidine groups is 2. The van der Waals surface area contributed by atoms with Gasteiger partial charge in [-0.05, 0) is 72.0 Å². The Hall–Kier alpha value is -3.30. The van der Waals surface area contributed by atoms with Crippen molar-refractivity contribution in [3.63, 3.8) is 0 Å². The lowest BCUT2D eigenvalue weighted by Gasteiger charge is -2.20. The fourth-order valence-corrected chi connectivity index (χ4v) is 4.83. The molecule has 0 fully saturated rings. The number of carbonyl (C=O) groups is 1. The van der Waals surface area contributed by atoms with Crippen molar-refractivity contribution in [2.24, 2.45) is 10.1 Å². The number of carbonyl (C=O) groups excluding carboxylic acids is 1. The largest absolute Gasteiger partial charge is 0.493 e. The number of rotatable bonds is 10. The third-order valence-corrected chi connectivity index (χ3v) is 7.36. The zero-order valence-corrected chi connectivity index (χ0v) is 22.8. The highest BCUT2D eigenvalue weighted by atomic mass is 35.5. The van der Waals surface area contributed by atoms with Crippen LogP contribution in [0.25, 0.3) is 6.08 Å². The van der Waals surface area contributed by atoms with Crippen LogP contribution >= 0.6 is 23.4 Å². The number of amides is 1. The molecule has 0 unspecified atom stereocenters. The van der Waals surface area contributed by atoms with E-state index in [4.69, 9.17) is 31.2 Å². The summed E-state index contributed by atoms with van der Waals surface area (Å²) in [5, 5.41) is 15.7. The minimum Gasteiger partial charge on any atom is -0.493 e. The lowest BCUT2D eigenvalue weighted by Crippen LogP contribution is -2.35. The van der Waals surface area contributed by atoms with Crippen LogP contribution in [0.5, 0.6) is 17.2 Å². The molecule has 2 heterocycles. The molecule has 2 aromatic rings. The molecule has 2 aliphatic rings. The molecule has 0 bridgehead atoms. The molecule has 194 valence electrons. The molecular weight excluding hydrogens is 512 g/mol. The second-order valence-corrected chi connectivity index (χ2v) is 9.92. The summed E-state index contributed by atoms with van der Waals surface area (Å²) in [4.78, 5) is 16.7. The van der Waals surface area contributed by atoms with E-state index in [0.717, 1.165) is 17.2 Å². The number of hydrogen-bond acceptors (Lipinski definition) is 7. The van der Waals surface area contributed by atoms with Crippen LogP contribution in [-0.4, -0.2) is 47.3 Å². The first-order valence-corrected chi connectivity index (χ1v) is 13.3. The minimum absolute atomic E-state index is 0.0318. The third kappa shape index (κ3) is 5.99. The number of nitrogens with zero attached hydrogens (tertiary/aromatic N) is 3. The van der Waals surface area contributed by atoms with Crippen LogP contribution in [0.15, 0.2) is 52.1 Å². The average molecular weight is 541 g/mol. The zero-order valence-electron chi connectivity index (χ0n) is 21.2. The molecule has 0 radical (unpaired) electrons. The van der Waals surface area contributed by atoms with Crippen LogP contribution in [0.4, 0.5) is 0 Å². The Morgan fingerprint density at radius 2 is 1.89 bits per heavy atom. The van der Waals surface area contributed by atoms with Gasteiger partial charge in [0, 0.05) is 0 Å². The van der Waals surface area contributed by atoms with Gasteiger partial charge in [0.05, 0.1) is 17.7 Å². The minimum atomic E-state index is -0.499. The van der Waals surface area contributed by atoms with Crippen molar-refractivity contribution in [3.8, 4) is 17.2 Å². The molecule has 0 saturated heterocycles. The molecule has 37 heavy (non-hydrogen) atoms. The van der Waals surface area contributed by atoms with Crippen molar-refractivity contribution >= 4 is 51.4 Å². The number of methoxy groups -OCH3 is 1. The van der Waals surface area contributed by atoms with Gasteiger partial charge in [-0.15, -0.1) is 0 Å². The van der Waals surface area contributed by atoms with Crippen LogP contribution in [0.2, 0.25) is 5.02 Å². The normalized spacial score (nSPS) is 16.9. The van der Waals surface area contributed by atoms with Crippen LogP contribution in [-0.2, 0) is 4.79 Å². The predicted octanol–water partition coefficient (Wildman–Crippen LogP) is 6.35. The van der Waals surface area contributed by atoms with Gasteiger partial charge in [0.15, 0.2) is 17.3 Å². The van der Waals surface area contributed by atoms with E-state index in [9.17, 15) is 4.79 Å². The highest BCUT2D eigenvalue weighted by molar-refractivity contribution is 8.26. The quantitative estimate of drug-likeness (QED) is 0.278. The van der Waals surface area contributed by atoms with E-state index in [2.05, 4.69) is 36.1 Å². The summed E-state index contributed by atoms with van der Waals surface area (Å²) in [6.45, 7) is 6.92. The van der Waals surface area contributed by atoms with E-state index in [1.807, 2.05) is 19.1 Å². The Kier molecular flexibility index (Phi) is 8.56. The number of thioether (sulfide) groups is 1. The van der Waals surface area contributed by atoms with E-state index in [0.29, 0.717) is 46.2 Å². The van der Waals surface area contributed by atoms with Crippen LogP contribution < -0.4 is 14.2 Å². The molecule has 1 N–H and O–H groups in total. The van der Waals surface area contributed by atoms with E-state index in [1.54, 1.807) is 18.2 Å². The first-order valence-electron chi connectivity index (χ1n) is 12.1. The van der Waals surface area contributed by atoms with Gasteiger partial charge in [-0.1, -0.05) is 44.5 Å². The monoisotopic (exact) mass is 540 g/mol. The van der Waals surface area contributed by atoms with E-state index in [-0.39, 0.29) is 18.0 Å². The Labute approximate surface area is 225 Å². The number of ether oxygens (including phenoxy) is 3. The predicted molar refractivity (Wildman–Crippen MR) is 149 cm³/mol. The SMILES string of the molecule is CCC1=NN2C(=N)/C(=C/c3cc(Cl)c(OCCOc4ccc([C@H](C)CC)cc4)c(OC)c3)C(=O)N=C2S1. The summed E-state index contributed by atoms with van der Waals surface area (Å²) in [6, 6.07) is 11.4. The molecule has 4 rings (SSSR count). The molecule has 1 atom stereocenters. The van der Waals surface area contributed by atoms with Gasteiger partial charge in [-0.3, -0.25) is 10.2 Å². The number of nitrogens with one attached hydrogen (secondary N) is 1. The van der Waals surface area contributed by atoms with Gasteiger partial charge in [0.2, 0.25) is 5.17 Å². The highest BCUT2D eigenvalue weighted by Crippen LogP contribution is 2.38. The summed E-state index contributed by atoms with van der Waals surface area (Å²) >= 11 is 7.81. The number of fused-ring (bicyclic) bond motifs is 1. The molecule has 8 nitrogen and oxygen atoms in total. The van der Waals surface area contributed by atoms with Gasteiger partial charge in [0.25, 0.3) is 5.91 Å². The molecule has 2 aromatic carbocycles. The molecule has 1 amide bonds. The van der Waals surface area contributed by atoms with Crippen molar-refractivity contribution in [3.05, 3.63) is 58.1 Å². The summed E-state index contributed by atoms with van der Waals surface area (Å²) < 4.78 is 17.2. The maximum atomic E-state index is 12.6. The van der Waals surface area contributed by atoms with Gasteiger partial charge < -0.3 is 14.2 Å². The second kappa shape index (κ2) is 11.8. The zero-order chi connectivity index (χ0) is 26.5. The Balaban J connectivity index is 1.43. The molecular formula is C27H29ClN4O4S. The van der Waals surface area contributed by atoms with E-state index >= 15 is 0 Å². The molecule has 0 aromatic heterocycles. The summed E-state index contributed by atoms with van der Waals surface area (Å²) in [6.07, 6.45) is 3.34. The van der Waals surface area contributed by atoms with Crippen LogP contribution in [0, 0.1) is 5.41 Å². The fourth-order valence-electron chi connectivity index (χ4n) is 3.74. The van der Waals surface area contributed by atoms with Gasteiger partial charge >= 0.3 is 0 Å². The molecule has 10 heteroatoms. The Morgan fingerprint density at radius 3 is 2.57 bits per heavy atom. The van der Waals surface area contributed by atoms with Crippen molar-refractivity contribution in [1.82, 2.24) is 5.01 Å². The number of aliphatic imine (C=N–C) groups is 1. The van der Waals surface area contributed by atoms with E-state index < -0.39 is 5.91 Å². The van der Waals surface area contributed by atoms with Crippen molar-refractivity contribution in [1.29, 1.82) is 5.41 Å². The van der Waals surface area contributed by atoms with Crippen LogP contribution in [0.3, 0.4) is 0 Å². The molecule has 0 saturated carbocycles. The van der Waals surface area contributed by atoms with Crippen molar-refractivity contribution in [2.45, 2.75) is 39.5 Å². The molecule has 2 aliphatic heterocycles. The number of hydrogen-bond donors (Lipinski definition) is 1. The topological polar surface area (TPSA) is 96.6 Å². The standard InChI is InChI=1S/C27H29ClN4O4S/c1-5-16(3)18-7-9-19(10-8-18)35-11-12-36-24-21(28)14-17(15-22(24)34-4)13-20-25(29)32-27(30-26(20)33)37-23(6-2)31-32/h7-10,13-16,29H,5-6,11-12H2,1-4H3/b20-13-,29-25?/t16-/m1/s1. The van der Waals surface area contributed by atoms with Gasteiger partial charge in [0.1, 0.15) is 24.0 Å². The number of benzene rings is 2. The first-order chi connectivity index (χ1) is 17.8. The number of halogens is 1. The maximum Gasteiger partial charge on any atom is 0.283 e. The van der Waals surface area contributed by atoms with Crippen LogP contribution in [0.1, 0.15) is 50.7 Å². The molecule has 0 aliphatic carbocycles. The summed E-state index contributed by atoms with van der Waals surface area (Å²) in [7, 11) is 1.51. The van der Waals surface area contributed by atoms with Crippen molar-refractivity contribution in [2.75, 3.05) is 20.3 Å². The van der Waals surface area contributed by atoms with Crippen molar-refractivity contribution < 1.29 is 19.0 Å². The third-order valence-electron chi connectivity index (χ3n) is 6.02. The Bertz CT molecular complexity index is 1290. The highest BCUT2D eigenvalue weighted by Gasteiger charge is 2.35.